The number of carbonyl (C=O) groups excluding carboxylic acids is 2. The Morgan fingerprint density at radius 3 is 2.53 bits per heavy atom. The van der Waals surface area contributed by atoms with E-state index >= 15 is 0 Å². The molecule has 1 heterocycles. The van der Waals surface area contributed by atoms with Crippen molar-refractivity contribution in [3.05, 3.63) is 83.9 Å². The Labute approximate surface area is 198 Å². The van der Waals surface area contributed by atoms with Gasteiger partial charge in [0.05, 0.1) is 19.3 Å². The van der Waals surface area contributed by atoms with E-state index in [1.54, 1.807) is 36.3 Å². The van der Waals surface area contributed by atoms with Crippen molar-refractivity contribution in [2.24, 2.45) is 0 Å². The minimum atomic E-state index is -0.266. The Morgan fingerprint density at radius 1 is 1.06 bits per heavy atom. The molecule has 7 heteroatoms. The molecule has 4 rings (SSSR count). The van der Waals surface area contributed by atoms with E-state index in [-0.39, 0.29) is 18.4 Å². The zero-order chi connectivity index (χ0) is 23.9. The molecule has 0 aliphatic carbocycles. The van der Waals surface area contributed by atoms with E-state index in [1.807, 2.05) is 55.5 Å². The molecular formula is C27H26N2O5. The molecule has 0 saturated carbocycles. The SMILES string of the molecule is COc1ccc(OCCN2C(=O)COc3ccc(NC(=O)/C=C/c4ccc(C)cc4)cc32)cc1. The van der Waals surface area contributed by atoms with Crippen LogP contribution < -0.4 is 24.4 Å². The number of hydrogen-bond donors (Lipinski definition) is 1. The number of nitrogens with one attached hydrogen (secondary N) is 1. The van der Waals surface area contributed by atoms with Gasteiger partial charge >= 0.3 is 0 Å². The summed E-state index contributed by atoms with van der Waals surface area (Å²) in [4.78, 5) is 26.5. The standard InChI is InChI=1S/C27H26N2O5/c1-19-3-5-20(6-4-19)7-14-26(30)28-21-8-13-25-24(17-21)29(27(31)18-34-25)15-16-33-23-11-9-22(32-2)10-12-23/h3-14,17H,15-16,18H2,1-2H3,(H,28,30)/b14-7+. The first-order valence-corrected chi connectivity index (χ1v) is 10.9. The fourth-order valence-corrected chi connectivity index (χ4v) is 3.49. The number of methoxy groups -OCH3 is 1. The Morgan fingerprint density at radius 2 is 1.79 bits per heavy atom. The van der Waals surface area contributed by atoms with Crippen molar-refractivity contribution in [3.8, 4) is 17.2 Å². The average molecular weight is 459 g/mol. The van der Waals surface area contributed by atoms with Gasteiger partial charge in [-0.2, -0.15) is 0 Å². The highest BCUT2D eigenvalue weighted by atomic mass is 16.5. The lowest BCUT2D eigenvalue weighted by Crippen LogP contribution is -2.41. The van der Waals surface area contributed by atoms with E-state index in [0.717, 1.165) is 16.9 Å². The highest BCUT2D eigenvalue weighted by Crippen LogP contribution is 2.34. The molecule has 1 aliphatic rings. The first-order valence-electron chi connectivity index (χ1n) is 10.9. The number of rotatable bonds is 8. The number of aryl methyl sites for hydroxylation is 1. The Kier molecular flexibility index (Phi) is 7.13. The summed E-state index contributed by atoms with van der Waals surface area (Å²) in [6.45, 7) is 2.61. The fourth-order valence-electron chi connectivity index (χ4n) is 3.49. The molecule has 0 fully saturated rings. The third-order valence-electron chi connectivity index (χ3n) is 5.32. The minimum absolute atomic E-state index is 0.0411. The lowest BCUT2D eigenvalue weighted by atomic mass is 10.1. The predicted molar refractivity (Wildman–Crippen MR) is 132 cm³/mol. The summed E-state index contributed by atoms with van der Waals surface area (Å²) in [7, 11) is 1.61. The number of amides is 2. The lowest BCUT2D eigenvalue weighted by Gasteiger charge is -2.29. The van der Waals surface area contributed by atoms with Crippen LogP contribution >= 0.6 is 0 Å². The Hall–Kier alpha value is -4.26. The Bertz CT molecular complexity index is 1190. The third-order valence-corrected chi connectivity index (χ3v) is 5.32. The maximum Gasteiger partial charge on any atom is 0.265 e. The summed E-state index contributed by atoms with van der Waals surface area (Å²) in [6, 6.07) is 20.4. The van der Waals surface area contributed by atoms with Crippen LogP contribution in [-0.2, 0) is 9.59 Å². The van der Waals surface area contributed by atoms with Gasteiger partial charge in [-0.15, -0.1) is 0 Å². The fraction of sp³-hybridized carbons (Fsp3) is 0.185. The van der Waals surface area contributed by atoms with Crippen LogP contribution in [0, 0.1) is 6.92 Å². The zero-order valence-electron chi connectivity index (χ0n) is 19.1. The second-order valence-electron chi connectivity index (χ2n) is 7.77. The molecule has 0 aromatic heterocycles. The molecular weight excluding hydrogens is 432 g/mol. The van der Waals surface area contributed by atoms with Crippen molar-refractivity contribution in [1.29, 1.82) is 0 Å². The van der Waals surface area contributed by atoms with Gasteiger partial charge in [-0.3, -0.25) is 9.59 Å². The Balaban J connectivity index is 1.40. The summed E-state index contributed by atoms with van der Waals surface area (Å²) in [6.07, 6.45) is 3.23. The smallest absolute Gasteiger partial charge is 0.265 e. The van der Waals surface area contributed by atoms with Crippen LogP contribution in [0.4, 0.5) is 11.4 Å². The van der Waals surface area contributed by atoms with Crippen LogP contribution in [0.15, 0.2) is 72.8 Å². The summed E-state index contributed by atoms with van der Waals surface area (Å²) in [5.74, 6) is 1.57. The van der Waals surface area contributed by atoms with Gasteiger partial charge in [-0.05, 0) is 61.0 Å². The topological polar surface area (TPSA) is 77.1 Å². The zero-order valence-corrected chi connectivity index (χ0v) is 19.1. The van der Waals surface area contributed by atoms with Crippen LogP contribution in [0.5, 0.6) is 17.2 Å². The number of ether oxygens (including phenoxy) is 3. The first-order chi connectivity index (χ1) is 16.5. The highest BCUT2D eigenvalue weighted by Gasteiger charge is 2.26. The number of nitrogens with zero attached hydrogens (tertiary/aromatic N) is 1. The van der Waals surface area contributed by atoms with Crippen molar-refractivity contribution in [2.75, 3.05) is 37.1 Å². The van der Waals surface area contributed by atoms with Crippen molar-refractivity contribution in [3.63, 3.8) is 0 Å². The van der Waals surface area contributed by atoms with Crippen LogP contribution in [0.3, 0.4) is 0 Å². The quantitative estimate of drug-likeness (QED) is 0.505. The van der Waals surface area contributed by atoms with E-state index in [1.165, 1.54) is 6.08 Å². The van der Waals surface area contributed by atoms with E-state index in [9.17, 15) is 9.59 Å². The van der Waals surface area contributed by atoms with Crippen LogP contribution in [0.2, 0.25) is 0 Å². The molecule has 3 aromatic carbocycles. The van der Waals surface area contributed by atoms with Crippen molar-refractivity contribution < 1.29 is 23.8 Å². The molecule has 0 saturated heterocycles. The van der Waals surface area contributed by atoms with Gasteiger partial charge in [0.2, 0.25) is 5.91 Å². The van der Waals surface area contributed by atoms with Gasteiger partial charge < -0.3 is 24.4 Å². The van der Waals surface area contributed by atoms with Gasteiger partial charge in [0.25, 0.3) is 5.91 Å². The molecule has 7 nitrogen and oxygen atoms in total. The molecule has 3 aromatic rings. The summed E-state index contributed by atoms with van der Waals surface area (Å²) < 4.78 is 16.5. The molecule has 1 N–H and O–H groups in total. The maximum atomic E-state index is 12.5. The first kappa shape index (κ1) is 22.9. The minimum Gasteiger partial charge on any atom is -0.497 e. The molecule has 34 heavy (non-hydrogen) atoms. The van der Waals surface area contributed by atoms with Crippen LogP contribution in [0.1, 0.15) is 11.1 Å². The predicted octanol–water partition coefficient (Wildman–Crippen LogP) is 4.46. The summed E-state index contributed by atoms with van der Waals surface area (Å²) in [5, 5.41) is 2.84. The van der Waals surface area contributed by atoms with Crippen molar-refractivity contribution >= 4 is 29.3 Å². The van der Waals surface area contributed by atoms with Crippen molar-refractivity contribution in [2.45, 2.75) is 6.92 Å². The largest absolute Gasteiger partial charge is 0.497 e. The molecule has 0 bridgehead atoms. The second-order valence-corrected chi connectivity index (χ2v) is 7.77. The highest BCUT2D eigenvalue weighted by molar-refractivity contribution is 6.03. The van der Waals surface area contributed by atoms with Crippen LogP contribution in [0.25, 0.3) is 6.08 Å². The van der Waals surface area contributed by atoms with Crippen molar-refractivity contribution in [1.82, 2.24) is 0 Å². The molecule has 0 spiro atoms. The molecule has 0 atom stereocenters. The van der Waals surface area contributed by atoms with Gasteiger partial charge in [0, 0.05) is 11.8 Å². The van der Waals surface area contributed by atoms with Gasteiger partial charge in [0.15, 0.2) is 6.61 Å². The number of fused-ring (bicyclic) bond motifs is 1. The molecule has 174 valence electrons. The van der Waals surface area contributed by atoms with E-state index in [2.05, 4.69) is 5.32 Å². The lowest BCUT2D eigenvalue weighted by molar-refractivity contribution is -0.121. The third kappa shape index (κ3) is 5.75. The van der Waals surface area contributed by atoms with Gasteiger partial charge in [-0.1, -0.05) is 29.8 Å². The average Bonchev–Trinajstić information content (AvgIpc) is 2.85. The van der Waals surface area contributed by atoms with Gasteiger partial charge in [-0.25, -0.2) is 0 Å². The molecule has 1 aliphatic heterocycles. The molecule has 2 amide bonds. The van der Waals surface area contributed by atoms with E-state index in [4.69, 9.17) is 14.2 Å². The number of anilines is 2. The number of carbonyl (C=O) groups is 2. The van der Waals surface area contributed by atoms with Gasteiger partial charge in [0.1, 0.15) is 23.9 Å². The molecule has 0 radical (unpaired) electrons. The number of hydrogen-bond acceptors (Lipinski definition) is 5. The monoisotopic (exact) mass is 458 g/mol. The maximum absolute atomic E-state index is 12.5. The van der Waals surface area contributed by atoms with E-state index in [0.29, 0.717) is 36.0 Å². The van der Waals surface area contributed by atoms with E-state index < -0.39 is 0 Å². The normalized spacial score (nSPS) is 12.8. The summed E-state index contributed by atoms with van der Waals surface area (Å²) in [5.41, 5.74) is 3.26. The van der Waals surface area contributed by atoms with Crippen LogP contribution in [-0.4, -0.2) is 38.7 Å². The second kappa shape index (κ2) is 10.6. The molecule has 0 unspecified atom stereocenters. The summed E-state index contributed by atoms with van der Waals surface area (Å²) >= 11 is 0. The number of benzene rings is 3.